The van der Waals surface area contributed by atoms with E-state index in [1.54, 1.807) is 6.08 Å². The summed E-state index contributed by atoms with van der Waals surface area (Å²) >= 11 is 0. The minimum atomic E-state index is -1.68. The first-order chi connectivity index (χ1) is 29.2. The average Bonchev–Trinajstić information content (AvgIpc) is 3.25. The quantitative estimate of drug-likeness (QED) is 0.0220. The molecule has 1 amide bonds. The summed E-state index contributed by atoms with van der Waals surface area (Å²) < 4.78 is 11.0. The van der Waals surface area contributed by atoms with Crippen molar-refractivity contribution in [3.05, 3.63) is 36.5 Å². The van der Waals surface area contributed by atoms with Gasteiger partial charge in [-0.25, -0.2) is 0 Å². The van der Waals surface area contributed by atoms with Crippen LogP contribution in [0.5, 0.6) is 0 Å². The van der Waals surface area contributed by atoms with Crippen LogP contribution in [0.3, 0.4) is 0 Å². The highest BCUT2D eigenvalue weighted by atomic mass is 16.7. The summed E-state index contributed by atoms with van der Waals surface area (Å²) in [5, 5.41) is 75.5. The van der Waals surface area contributed by atoms with Crippen LogP contribution in [-0.4, -0.2) is 110 Å². The van der Waals surface area contributed by atoms with Crippen molar-refractivity contribution in [3.63, 3.8) is 0 Å². The molecule has 60 heavy (non-hydrogen) atoms. The van der Waals surface area contributed by atoms with E-state index in [0.717, 1.165) is 25.7 Å². The van der Waals surface area contributed by atoms with E-state index in [9.17, 15) is 40.5 Å². The van der Waals surface area contributed by atoms with Crippen molar-refractivity contribution in [1.29, 1.82) is 0 Å². The number of amides is 1. The summed E-state index contributed by atoms with van der Waals surface area (Å²) in [4.78, 5) is 13.0. The molecule has 0 spiro atoms. The molecule has 0 saturated carbocycles. The van der Waals surface area contributed by atoms with Gasteiger partial charge in [-0.2, -0.15) is 0 Å². The van der Waals surface area contributed by atoms with Crippen molar-refractivity contribution in [3.8, 4) is 0 Å². The first kappa shape index (κ1) is 56.3. The van der Waals surface area contributed by atoms with Gasteiger partial charge in [-0.1, -0.05) is 179 Å². The van der Waals surface area contributed by atoms with E-state index >= 15 is 0 Å². The third kappa shape index (κ3) is 28.1. The molecule has 8 N–H and O–H groups in total. The predicted octanol–water partition coefficient (Wildman–Crippen LogP) is 8.39. The van der Waals surface area contributed by atoms with E-state index in [4.69, 9.17) is 9.47 Å². The molecule has 352 valence electrons. The maximum Gasteiger partial charge on any atom is 0.249 e. The van der Waals surface area contributed by atoms with Crippen LogP contribution in [0.1, 0.15) is 200 Å². The summed E-state index contributed by atoms with van der Waals surface area (Å²) in [5.74, 6) is -0.774. The van der Waals surface area contributed by atoms with Gasteiger partial charge in [-0.3, -0.25) is 4.79 Å². The van der Waals surface area contributed by atoms with Gasteiger partial charge in [0.1, 0.15) is 36.6 Å². The summed E-state index contributed by atoms with van der Waals surface area (Å²) in [5.41, 5.74) is 0. The molecule has 1 saturated heterocycles. The lowest BCUT2D eigenvalue weighted by atomic mass is 9.99. The number of unbranched alkanes of at least 4 members (excludes halogenated alkanes) is 23. The van der Waals surface area contributed by atoms with Crippen LogP contribution >= 0.6 is 0 Å². The molecule has 1 aliphatic rings. The van der Waals surface area contributed by atoms with Crippen LogP contribution in [0.2, 0.25) is 0 Å². The van der Waals surface area contributed by atoms with E-state index < -0.39 is 74.2 Å². The Labute approximate surface area is 365 Å². The lowest BCUT2D eigenvalue weighted by molar-refractivity contribution is -0.303. The number of rotatable bonds is 40. The number of hydrogen-bond acceptors (Lipinski definition) is 10. The van der Waals surface area contributed by atoms with Crippen molar-refractivity contribution >= 4 is 5.91 Å². The van der Waals surface area contributed by atoms with Crippen molar-refractivity contribution in [2.75, 3.05) is 13.2 Å². The molecule has 0 bridgehead atoms. The smallest absolute Gasteiger partial charge is 0.249 e. The summed E-state index contributed by atoms with van der Waals surface area (Å²) in [7, 11) is 0. The van der Waals surface area contributed by atoms with Crippen LogP contribution in [0.25, 0.3) is 0 Å². The highest BCUT2D eigenvalue weighted by molar-refractivity contribution is 5.81. The van der Waals surface area contributed by atoms with Gasteiger partial charge >= 0.3 is 0 Å². The van der Waals surface area contributed by atoms with Gasteiger partial charge in [0.15, 0.2) is 6.29 Å². The van der Waals surface area contributed by atoms with E-state index in [-0.39, 0.29) is 12.8 Å². The second-order valence-electron chi connectivity index (χ2n) is 17.2. The number of aliphatic hydroxyl groups excluding tert-OH is 7. The van der Waals surface area contributed by atoms with Crippen LogP contribution in [0.15, 0.2) is 36.5 Å². The maximum atomic E-state index is 13.0. The van der Waals surface area contributed by atoms with Crippen LogP contribution in [0, 0.1) is 0 Å². The number of carbonyl (C=O) groups is 1. The molecule has 0 aromatic carbocycles. The normalized spacial score (nSPS) is 21.9. The Hall–Kier alpha value is -1.67. The Balaban J connectivity index is 2.45. The summed E-state index contributed by atoms with van der Waals surface area (Å²) in [6.07, 6.45) is 33.7. The zero-order valence-corrected chi connectivity index (χ0v) is 37.9. The Morgan fingerprint density at radius 2 is 1.05 bits per heavy atom. The predicted molar refractivity (Wildman–Crippen MR) is 242 cm³/mol. The fraction of sp³-hybridized carbons (Fsp3) is 0.857. The molecule has 1 aliphatic heterocycles. The monoisotopic (exact) mass is 854 g/mol. The SMILES string of the molecule is CCCCCCCC/C=C\C/C=C\CC(O)C(=O)NC(COC1OC(CO)C(O)C(O)C1O)C(O)C(O)CCC/C=C/CCCCCCCCCCCCCCCCCC. The molecule has 0 aromatic heterocycles. The summed E-state index contributed by atoms with van der Waals surface area (Å²) in [6, 6.07) is -1.21. The van der Waals surface area contributed by atoms with Crippen molar-refractivity contribution in [2.45, 2.75) is 255 Å². The van der Waals surface area contributed by atoms with Crippen LogP contribution in [-0.2, 0) is 14.3 Å². The third-order valence-corrected chi connectivity index (χ3v) is 11.7. The van der Waals surface area contributed by atoms with Crippen molar-refractivity contribution < 1.29 is 50.0 Å². The molecule has 11 nitrogen and oxygen atoms in total. The molecule has 0 aromatic rings. The fourth-order valence-corrected chi connectivity index (χ4v) is 7.60. The van der Waals surface area contributed by atoms with E-state index in [2.05, 4.69) is 43.5 Å². The number of nitrogens with one attached hydrogen (secondary N) is 1. The van der Waals surface area contributed by atoms with Gasteiger partial charge in [0.05, 0.1) is 25.4 Å². The Kier molecular flexibility index (Phi) is 36.6. The zero-order valence-electron chi connectivity index (χ0n) is 37.9. The first-order valence-corrected chi connectivity index (χ1v) is 24.4. The molecule has 0 aliphatic carbocycles. The van der Waals surface area contributed by atoms with E-state index in [1.165, 1.54) is 135 Å². The first-order valence-electron chi connectivity index (χ1n) is 24.4. The highest BCUT2D eigenvalue weighted by Crippen LogP contribution is 2.23. The van der Waals surface area contributed by atoms with Crippen molar-refractivity contribution in [1.82, 2.24) is 5.32 Å². The van der Waals surface area contributed by atoms with E-state index in [0.29, 0.717) is 12.8 Å². The number of aliphatic hydroxyl groups is 7. The molecular formula is C49H91NO10. The minimum absolute atomic E-state index is 0.0435. The molecule has 0 radical (unpaired) electrons. The van der Waals surface area contributed by atoms with Crippen LogP contribution < -0.4 is 5.32 Å². The molecule has 1 heterocycles. The Morgan fingerprint density at radius 1 is 0.600 bits per heavy atom. The van der Waals surface area contributed by atoms with Gasteiger partial charge in [0.2, 0.25) is 5.91 Å². The van der Waals surface area contributed by atoms with Gasteiger partial charge in [-0.05, 0) is 51.4 Å². The zero-order chi connectivity index (χ0) is 44.1. The molecule has 1 rings (SSSR count). The summed E-state index contributed by atoms with van der Waals surface area (Å²) in [6.45, 7) is 3.38. The van der Waals surface area contributed by atoms with Gasteiger partial charge in [0, 0.05) is 6.42 Å². The topological polar surface area (TPSA) is 189 Å². The lowest BCUT2D eigenvalue weighted by Crippen LogP contribution is -2.60. The van der Waals surface area contributed by atoms with Gasteiger partial charge in [0.25, 0.3) is 0 Å². The number of allylic oxidation sites excluding steroid dienone is 5. The molecule has 9 unspecified atom stereocenters. The standard InChI is InChI=1S/C49H91NO10/c1-3-5-7-9-11-13-15-17-18-19-20-21-22-23-24-25-27-28-30-32-34-36-41(52)44(54)40(39-59-49-47(57)46(56)45(55)43(38-51)60-49)50-48(58)42(53)37-35-33-31-29-26-16-14-12-10-8-6-4-2/h26,28-30,33,35,40-47,49,51-57H,3-25,27,31-32,34,36-39H2,1-2H3,(H,50,58)/b29-26-,30-28+,35-33-. The van der Waals surface area contributed by atoms with Crippen LogP contribution in [0.4, 0.5) is 0 Å². The number of carbonyl (C=O) groups excluding carboxylic acids is 1. The molecule has 11 heteroatoms. The largest absolute Gasteiger partial charge is 0.394 e. The Morgan fingerprint density at radius 3 is 1.55 bits per heavy atom. The fourth-order valence-electron chi connectivity index (χ4n) is 7.60. The molecule has 1 fully saturated rings. The van der Waals surface area contributed by atoms with E-state index in [1.807, 2.05) is 6.08 Å². The third-order valence-electron chi connectivity index (χ3n) is 11.7. The van der Waals surface area contributed by atoms with Crippen molar-refractivity contribution in [2.24, 2.45) is 0 Å². The minimum Gasteiger partial charge on any atom is -0.394 e. The Bertz CT molecular complexity index is 1070. The molecular weight excluding hydrogens is 763 g/mol. The number of hydrogen-bond donors (Lipinski definition) is 8. The average molecular weight is 854 g/mol. The molecule has 9 atom stereocenters. The second-order valence-corrected chi connectivity index (χ2v) is 17.2. The maximum absolute atomic E-state index is 13.0. The second kappa shape index (κ2) is 39.0. The lowest BCUT2D eigenvalue weighted by Gasteiger charge is -2.40. The van der Waals surface area contributed by atoms with Gasteiger partial charge in [-0.15, -0.1) is 0 Å². The number of ether oxygens (including phenoxy) is 2. The highest BCUT2D eigenvalue weighted by Gasteiger charge is 2.44. The van der Waals surface area contributed by atoms with Gasteiger partial charge < -0.3 is 50.5 Å².